The predicted molar refractivity (Wildman–Crippen MR) is 90.3 cm³/mol. The molecule has 0 aliphatic carbocycles. The highest BCUT2D eigenvalue weighted by molar-refractivity contribution is 7.99. The van der Waals surface area contributed by atoms with E-state index in [9.17, 15) is 4.79 Å². The molecule has 1 N–H and O–H groups in total. The number of aromatic nitrogens is 2. The molecule has 2 rings (SSSR count). The minimum atomic E-state index is -0.156. The highest BCUT2D eigenvalue weighted by Gasteiger charge is 2.14. The van der Waals surface area contributed by atoms with Crippen LogP contribution < -0.4 is 5.32 Å². The fourth-order valence-electron chi connectivity index (χ4n) is 1.79. The molecular formula is C14H16ClN3O2S2. The quantitative estimate of drug-likeness (QED) is 0.764. The number of carbonyl (C=O) groups is 1. The monoisotopic (exact) mass is 357 g/mol. The van der Waals surface area contributed by atoms with E-state index in [2.05, 4.69) is 15.5 Å². The molecule has 1 atom stereocenters. The summed E-state index contributed by atoms with van der Waals surface area (Å²) in [5.41, 5.74) is 0.891. The molecule has 1 heterocycles. The zero-order chi connectivity index (χ0) is 15.9. The molecule has 5 nitrogen and oxygen atoms in total. The van der Waals surface area contributed by atoms with Crippen LogP contribution in [0, 0.1) is 0 Å². The van der Waals surface area contributed by atoms with E-state index in [1.807, 2.05) is 31.4 Å². The smallest absolute Gasteiger partial charge is 0.277 e. The lowest BCUT2D eigenvalue weighted by atomic mass is 10.1. The van der Waals surface area contributed by atoms with Crippen molar-refractivity contribution in [3.05, 3.63) is 40.7 Å². The zero-order valence-electron chi connectivity index (χ0n) is 12.2. The van der Waals surface area contributed by atoms with Gasteiger partial charge in [0, 0.05) is 5.02 Å². The van der Waals surface area contributed by atoms with E-state index in [-0.39, 0.29) is 17.7 Å². The lowest BCUT2D eigenvalue weighted by molar-refractivity contribution is -0.119. The molecular weight excluding hydrogens is 342 g/mol. The second-order valence-electron chi connectivity index (χ2n) is 4.49. The first kappa shape index (κ1) is 17.2. The molecule has 1 amide bonds. The fourth-order valence-corrected chi connectivity index (χ4v) is 3.05. The van der Waals surface area contributed by atoms with Gasteiger partial charge in [-0.2, -0.15) is 11.8 Å². The maximum absolute atomic E-state index is 12.0. The maximum Gasteiger partial charge on any atom is 0.277 e. The Morgan fingerprint density at radius 3 is 2.91 bits per heavy atom. The largest absolute Gasteiger partial charge is 0.415 e. The van der Waals surface area contributed by atoms with Gasteiger partial charge in [-0.15, -0.1) is 10.2 Å². The Kier molecular flexibility index (Phi) is 6.60. The standard InChI is InChI=1S/C14H16ClN3O2S2/c1-9(10-5-3-4-6-11(10)15)16-12(19)7-22-14-18-17-13(20-14)8-21-2/h3-6,9H,7-8H2,1-2H3,(H,16,19). The van der Waals surface area contributed by atoms with Gasteiger partial charge in [-0.05, 0) is 24.8 Å². The predicted octanol–water partition coefficient (Wildman–Crippen LogP) is 3.56. The molecule has 0 radical (unpaired) electrons. The van der Waals surface area contributed by atoms with Crippen LogP contribution in [0.1, 0.15) is 24.4 Å². The summed E-state index contributed by atoms with van der Waals surface area (Å²) < 4.78 is 5.40. The van der Waals surface area contributed by atoms with Crippen LogP contribution in [0.2, 0.25) is 5.02 Å². The first-order valence-electron chi connectivity index (χ1n) is 6.58. The van der Waals surface area contributed by atoms with Gasteiger partial charge in [-0.1, -0.05) is 41.6 Å². The van der Waals surface area contributed by atoms with Crippen LogP contribution in [-0.2, 0) is 10.5 Å². The molecule has 1 aromatic carbocycles. The Labute approximate surface area is 142 Å². The molecule has 1 unspecified atom stereocenters. The van der Waals surface area contributed by atoms with Gasteiger partial charge >= 0.3 is 0 Å². The van der Waals surface area contributed by atoms with Gasteiger partial charge in [-0.3, -0.25) is 4.79 Å². The van der Waals surface area contributed by atoms with Crippen LogP contribution in [0.25, 0.3) is 0 Å². The van der Waals surface area contributed by atoms with E-state index in [1.165, 1.54) is 11.8 Å². The highest BCUT2D eigenvalue weighted by Crippen LogP contribution is 2.23. The second-order valence-corrected chi connectivity index (χ2v) is 6.69. The van der Waals surface area contributed by atoms with Crippen LogP contribution in [0.3, 0.4) is 0 Å². The minimum Gasteiger partial charge on any atom is -0.415 e. The number of carbonyl (C=O) groups excluding carboxylic acids is 1. The summed E-state index contributed by atoms with van der Waals surface area (Å²) in [5, 5.41) is 11.7. The molecule has 0 aliphatic heterocycles. The third kappa shape index (κ3) is 4.93. The van der Waals surface area contributed by atoms with Crippen molar-refractivity contribution in [2.24, 2.45) is 0 Å². The van der Waals surface area contributed by atoms with Gasteiger partial charge < -0.3 is 9.73 Å². The highest BCUT2D eigenvalue weighted by atomic mass is 35.5. The lowest BCUT2D eigenvalue weighted by Crippen LogP contribution is -2.28. The summed E-state index contributed by atoms with van der Waals surface area (Å²) in [6.07, 6.45) is 1.96. The first-order chi connectivity index (χ1) is 10.6. The number of nitrogens with zero attached hydrogens (tertiary/aromatic N) is 2. The number of rotatable bonds is 7. The van der Waals surface area contributed by atoms with E-state index in [1.54, 1.807) is 17.8 Å². The molecule has 8 heteroatoms. The normalized spacial score (nSPS) is 12.1. The summed E-state index contributed by atoms with van der Waals surface area (Å²) in [6, 6.07) is 7.30. The number of hydrogen-bond acceptors (Lipinski definition) is 6. The molecule has 0 bridgehead atoms. The van der Waals surface area contributed by atoms with E-state index in [0.717, 1.165) is 5.56 Å². The Balaban J connectivity index is 1.83. The third-order valence-electron chi connectivity index (χ3n) is 2.79. The molecule has 0 aliphatic rings. The van der Waals surface area contributed by atoms with Crippen molar-refractivity contribution in [2.45, 2.75) is 23.9 Å². The van der Waals surface area contributed by atoms with E-state index >= 15 is 0 Å². The van der Waals surface area contributed by atoms with Crippen molar-refractivity contribution < 1.29 is 9.21 Å². The van der Waals surface area contributed by atoms with Crippen molar-refractivity contribution in [1.29, 1.82) is 0 Å². The fraction of sp³-hybridized carbons (Fsp3) is 0.357. The van der Waals surface area contributed by atoms with Crippen molar-refractivity contribution >= 4 is 41.0 Å². The Morgan fingerprint density at radius 1 is 1.41 bits per heavy atom. The average Bonchev–Trinajstić information content (AvgIpc) is 2.93. The van der Waals surface area contributed by atoms with Gasteiger partial charge in [0.1, 0.15) is 0 Å². The Morgan fingerprint density at radius 2 is 2.18 bits per heavy atom. The average molecular weight is 358 g/mol. The number of benzene rings is 1. The lowest BCUT2D eigenvalue weighted by Gasteiger charge is -2.15. The Bertz CT molecular complexity index is 636. The first-order valence-corrected chi connectivity index (χ1v) is 9.33. The van der Waals surface area contributed by atoms with Crippen LogP contribution in [0.15, 0.2) is 33.9 Å². The molecule has 0 saturated carbocycles. The van der Waals surface area contributed by atoms with Gasteiger partial charge in [0.2, 0.25) is 11.8 Å². The number of hydrogen-bond donors (Lipinski definition) is 1. The van der Waals surface area contributed by atoms with Crippen molar-refractivity contribution in [2.75, 3.05) is 12.0 Å². The summed E-state index contributed by atoms with van der Waals surface area (Å²) in [7, 11) is 0. The molecule has 1 aromatic heterocycles. The molecule has 2 aromatic rings. The minimum absolute atomic E-state index is 0.109. The molecule has 0 saturated heterocycles. The van der Waals surface area contributed by atoms with Crippen LogP contribution >= 0.6 is 35.1 Å². The van der Waals surface area contributed by atoms with E-state index < -0.39 is 0 Å². The SMILES string of the molecule is CSCc1nnc(SCC(=O)NC(C)c2ccccc2Cl)o1. The van der Waals surface area contributed by atoms with E-state index in [0.29, 0.717) is 21.9 Å². The number of nitrogens with one attached hydrogen (secondary N) is 1. The summed E-state index contributed by atoms with van der Waals surface area (Å²) >= 11 is 8.94. The summed E-state index contributed by atoms with van der Waals surface area (Å²) in [6.45, 7) is 1.90. The van der Waals surface area contributed by atoms with Crippen LogP contribution in [0.4, 0.5) is 0 Å². The van der Waals surface area contributed by atoms with Gasteiger partial charge in [0.25, 0.3) is 5.22 Å². The molecule has 118 valence electrons. The second kappa shape index (κ2) is 8.45. The van der Waals surface area contributed by atoms with Gasteiger partial charge in [-0.25, -0.2) is 0 Å². The topological polar surface area (TPSA) is 68.0 Å². The molecule has 22 heavy (non-hydrogen) atoms. The van der Waals surface area contributed by atoms with E-state index in [4.69, 9.17) is 16.0 Å². The van der Waals surface area contributed by atoms with Gasteiger partial charge in [0.05, 0.1) is 17.5 Å². The zero-order valence-corrected chi connectivity index (χ0v) is 14.6. The number of amides is 1. The van der Waals surface area contributed by atoms with Crippen molar-refractivity contribution in [1.82, 2.24) is 15.5 Å². The maximum atomic E-state index is 12.0. The number of halogens is 1. The Hall–Kier alpha value is -1.18. The van der Waals surface area contributed by atoms with Gasteiger partial charge in [0.15, 0.2) is 0 Å². The summed E-state index contributed by atoms with van der Waals surface area (Å²) in [5.74, 6) is 1.35. The van der Waals surface area contributed by atoms with Crippen molar-refractivity contribution in [3.8, 4) is 0 Å². The van der Waals surface area contributed by atoms with Crippen LogP contribution in [0.5, 0.6) is 0 Å². The number of thioether (sulfide) groups is 2. The molecule has 0 spiro atoms. The van der Waals surface area contributed by atoms with Crippen LogP contribution in [-0.4, -0.2) is 28.1 Å². The van der Waals surface area contributed by atoms with Crippen molar-refractivity contribution in [3.63, 3.8) is 0 Å². The third-order valence-corrected chi connectivity index (χ3v) is 4.49. The molecule has 0 fully saturated rings. The summed E-state index contributed by atoms with van der Waals surface area (Å²) in [4.78, 5) is 12.0.